The predicted molar refractivity (Wildman–Crippen MR) is 59.9 cm³/mol. The van der Waals surface area contributed by atoms with E-state index in [0.29, 0.717) is 24.7 Å². The third-order valence-electron chi connectivity index (χ3n) is 2.09. The maximum atomic E-state index is 11.8. The van der Waals surface area contributed by atoms with Crippen LogP contribution in [0.25, 0.3) is 0 Å². The Morgan fingerprint density at radius 1 is 1.50 bits per heavy atom. The summed E-state index contributed by atoms with van der Waals surface area (Å²) in [5, 5.41) is 7.36. The fraction of sp³-hybridized carbons (Fsp3) is 0.500. The van der Waals surface area contributed by atoms with Crippen LogP contribution in [0.1, 0.15) is 16.9 Å². The van der Waals surface area contributed by atoms with E-state index in [1.807, 2.05) is 0 Å². The molecule has 0 saturated heterocycles. The van der Waals surface area contributed by atoms with Gasteiger partial charge in [-0.25, -0.2) is 0 Å². The molecule has 1 heterocycles. The maximum Gasteiger partial charge on any atom is 0.274 e. The summed E-state index contributed by atoms with van der Waals surface area (Å²) in [6, 6.07) is 3.13. The number of hydrogen-bond donors (Lipinski definition) is 1. The van der Waals surface area contributed by atoms with Crippen molar-refractivity contribution in [2.45, 2.75) is 6.42 Å². The second kappa shape index (κ2) is 6.02. The molecule has 0 aromatic carbocycles. The smallest absolute Gasteiger partial charge is 0.274 e. The lowest BCUT2D eigenvalue weighted by molar-refractivity contribution is 0.0772. The van der Waals surface area contributed by atoms with E-state index in [0.717, 1.165) is 6.42 Å². The molecule has 1 aromatic heterocycles. The summed E-state index contributed by atoms with van der Waals surface area (Å²) in [6.45, 7) is 1.25. The van der Waals surface area contributed by atoms with E-state index in [-0.39, 0.29) is 5.91 Å². The number of nitrogen functional groups attached to an aromatic ring is 1. The minimum Gasteiger partial charge on any atom is -0.385 e. The van der Waals surface area contributed by atoms with Crippen molar-refractivity contribution in [1.29, 1.82) is 0 Å². The number of carbonyl (C=O) groups is 1. The molecular weight excluding hydrogens is 208 g/mol. The first-order valence-corrected chi connectivity index (χ1v) is 4.98. The number of ether oxygens (including phenoxy) is 1. The molecule has 6 nitrogen and oxygen atoms in total. The summed E-state index contributed by atoms with van der Waals surface area (Å²) >= 11 is 0. The predicted octanol–water partition coefficient (Wildman–Crippen LogP) is 0.167. The van der Waals surface area contributed by atoms with Gasteiger partial charge in [-0.1, -0.05) is 0 Å². The summed E-state index contributed by atoms with van der Waals surface area (Å²) in [4.78, 5) is 13.4. The topological polar surface area (TPSA) is 81.3 Å². The van der Waals surface area contributed by atoms with Gasteiger partial charge in [0.1, 0.15) is 5.82 Å². The number of carbonyl (C=O) groups excluding carboxylic acids is 1. The van der Waals surface area contributed by atoms with Gasteiger partial charge in [0.15, 0.2) is 5.69 Å². The van der Waals surface area contributed by atoms with Gasteiger partial charge in [0.05, 0.1) is 0 Å². The molecule has 0 aliphatic heterocycles. The Balaban J connectivity index is 2.53. The third kappa shape index (κ3) is 3.47. The lowest BCUT2D eigenvalue weighted by Crippen LogP contribution is -2.29. The summed E-state index contributed by atoms with van der Waals surface area (Å²) in [5.74, 6) is 0.141. The molecule has 0 spiro atoms. The Bertz CT molecular complexity index is 339. The highest BCUT2D eigenvalue weighted by molar-refractivity contribution is 5.92. The van der Waals surface area contributed by atoms with E-state index in [4.69, 9.17) is 10.5 Å². The van der Waals surface area contributed by atoms with Crippen LogP contribution in [-0.4, -0.2) is 48.3 Å². The molecule has 0 radical (unpaired) electrons. The molecule has 0 aliphatic rings. The number of aromatic nitrogens is 2. The van der Waals surface area contributed by atoms with Gasteiger partial charge in [0.2, 0.25) is 0 Å². The molecule has 88 valence electrons. The normalized spacial score (nSPS) is 10.1. The van der Waals surface area contributed by atoms with E-state index in [1.165, 1.54) is 0 Å². The van der Waals surface area contributed by atoms with Crippen molar-refractivity contribution < 1.29 is 9.53 Å². The van der Waals surface area contributed by atoms with Gasteiger partial charge in [0.25, 0.3) is 5.91 Å². The molecule has 1 rings (SSSR count). The molecule has 0 fully saturated rings. The van der Waals surface area contributed by atoms with Crippen LogP contribution in [0.2, 0.25) is 0 Å². The minimum absolute atomic E-state index is 0.163. The zero-order chi connectivity index (χ0) is 12.0. The van der Waals surface area contributed by atoms with Crippen LogP contribution in [0.5, 0.6) is 0 Å². The number of anilines is 1. The SMILES string of the molecule is COCCCN(C)C(=O)c1ccc(N)nn1. The summed E-state index contributed by atoms with van der Waals surface area (Å²) in [5.41, 5.74) is 5.69. The molecule has 16 heavy (non-hydrogen) atoms. The van der Waals surface area contributed by atoms with Crippen molar-refractivity contribution in [3.8, 4) is 0 Å². The van der Waals surface area contributed by atoms with Crippen molar-refractivity contribution in [3.63, 3.8) is 0 Å². The first-order valence-electron chi connectivity index (χ1n) is 4.98. The highest BCUT2D eigenvalue weighted by Gasteiger charge is 2.12. The summed E-state index contributed by atoms with van der Waals surface area (Å²) in [7, 11) is 3.35. The summed E-state index contributed by atoms with van der Waals surface area (Å²) in [6.07, 6.45) is 0.793. The van der Waals surface area contributed by atoms with Crippen molar-refractivity contribution in [2.24, 2.45) is 0 Å². The van der Waals surface area contributed by atoms with E-state index in [1.54, 1.807) is 31.2 Å². The van der Waals surface area contributed by atoms with Gasteiger partial charge in [-0.15, -0.1) is 10.2 Å². The highest BCUT2D eigenvalue weighted by atomic mass is 16.5. The highest BCUT2D eigenvalue weighted by Crippen LogP contribution is 2.01. The monoisotopic (exact) mass is 224 g/mol. The molecule has 0 bridgehead atoms. The Kier molecular flexibility index (Phi) is 4.65. The number of rotatable bonds is 5. The standard InChI is InChI=1S/C10H16N4O2/c1-14(6-3-7-16-2)10(15)8-4-5-9(11)13-12-8/h4-5H,3,6-7H2,1-2H3,(H2,11,13). The molecule has 0 saturated carbocycles. The van der Waals surface area contributed by atoms with Gasteiger partial charge in [-0.2, -0.15) is 0 Å². The zero-order valence-corrected chi connectivity index (χ0v) is 9.51. The fourth-order valence-electron chi connectivity index (χ4n) is 1.20. The van der Waals surface area contributed by atoms with Crippen LogP contribution in [0, 0.1) is 0 Å². The van der Waals surface area contributed by atoms with Crippen LogP contribution < -0.4 is 5.73 Å². The Morgan fingerprint density at radius 2 is 2.25 bits per heavy atom. The molecule has 1 amide bonds. The zero-order valence-electron chi connectivity index (χ0n) is 9.51. The fourth-order valence-corrected chi connectivity index (χ4v) is 1.20. The average molecular weight is 224 g/mol. The van der Waals surface area contributed by atoms with E-state index in [2.05, 4.69) is 10.2 Å². The van der Waals surface area contributed by atoms with Crippen LogP contribution >= 0.6 is 0 Å². The maximum absolute atomic E-state index is 11.8. The Hall–Kier alpha value is -1.69. The quantitative estimate of drug-likeness (QED) is 0.721. The Labute approximate surface area is 94.4 Å². The van der Waals surface area contributed by atoms with Gasteiger partial charge < -0.3 is 15.4 Å². The minimum atomic E-state index is -0.163. The second-order valence-electron chi connectivity index (χ2n) is 3.42. The van der Waals surface area contributed by atoms with Crippen LogP contribution in [0.4, 0.5) is 5.82 Å². The first kappa shape index (κ1) is 12.4. The van der Waals surface area contributed by atoms with Gasteiger partial charge in [-0.3, -0.25) is 4.79 Å². The molecule has 0 aliphatic carbocycles. The number of amides is 1. The second-order valence-corrected chi connectivity index (χ2v) is 3.42. The van der Waals surface area contributed by atoms with Crippen molar-refractivity contribution in [2.75, 3.05) is 33.0 Å². The van der Waals surface area contributed by atoms with E-state index < -0.39 is 0 Å². The van der Waals surface area contributed by atoms with Crippen LogP contribution in [-0.2, 0) is 4.74 Å². The van der Waals surface area contributed by atoms with Gasteiger partial charge >= 0.3 is 0 Å². The summed E-state index contributed by atoms with van der Waals surface area (Å²) < 4.78 is 4.91. The van der Waals surface area contributed by atoms with Crippen molar-refractivity contribution in [3.05, 3.63) is 17.8 Å². The number of methoxy groups -OCH3 is 1. The molecule has 0 atom stereocenters. The lowest BCUT2D eigenvalue weighted by atomic mass is 10.3. The Morgan fingerprint density at radius 3 is 2.81 bits per heavy atom. The van der Waals surface area contributed by atoms with Crippen LogP contribution in [0.15, 0.2) is 12.1 Å². The van der Waals surface area contributed by atoms with E-state index >= 15 is 0 Å². The molecule has 6 heteroatoms. The molecular formula is C10H16N4O2. The lowest BCUT2D eigenvalue weighted by Gasteiger charge is -2.15. The molecule has 2 N–H and O–H groups in total. The third-order valence-corrected chi connectivity index (χ3v) is 2.09. The molecule has 0 unspecified atom stereocenters. The number of nitrogens with zero attached hydrogens (tertiary/aromatic N) is 3. The number of hydrogen-bond acceptors (Lipinski definition) is 5. The van der Waals surface area contributed by atoms with Crippen molar-refractivity contribution in [1.82, 2.24) is 15.1 Å². The first-order chi connectivity index (χ1) is 7.65. The van der Waals surface area contributed by atoms with Gasteiger partial charge in [0, 0.05) is 27.3 Å². The average Bonchev–Trinajstić information content (AvgIpc) is 2.29. The van der Waals surface area contributed by atoms with Crippen LogP contribution in [0.3, 0.4) is 0 Å². The number of nitrogens with two attached hydrogens (primary N) is 1. The van der Waals surface area contributed by atoms with Crippen molar-refractivity contribution >= 4 is 11.7 Å². The van der Waals surface area contributed by atoms with Gasteiger partial charge in [-0.05, 0) is 18.6 Å². The van der Waals surface area contributed by atoms with E-state index in [9.17, 15) is 4.79 Å². The largest absolute Gasteiger partial charge is 0.385 e. The molecule has 1 aromatic rings.